The van der Waals surface area contributed by atoms with Crippen molar-refractivity contribution in [1.82, 2.24) is 0 Å². The first-order valence-corrected chi connectivity index (χ1v) is 4.45. The summed E-state index contributed by atoms with van der Waals surface area (Å²) in [4.78, 5) is 10.8. The Morgan fingerprint density at radius 1 is 1.20 bits per heavy atom. The van der Waals surface area contributed by atoms with Crippen molar-refractivity contribution in [2.24, 2.45) is 0 Å². The van der Waals surface area contributed by atoms with Crippen LogP contribution < -0.4 is 0 Å². The molecule has 0 aliphatic carbocycles. The van der Waals surface area contributed by atoms with E-state index >= 15 is 0 Å². The third kappa shape index (κ3) is 2.60. The summed E-state index contributed by atoms with van der Waals surface area (Å²) in [6.07, 6.45) is 0.746. The molecule has 1 aromatic carbocycles. The predicted octanol–water partition coefficient (Wildman–Crippen LogP) is 0.721. The highest BCUT2D eigenvalue weighted by molar-refractivity contribution is 5.90. The molecule has 0 aromatic heterocycles. The lowest BCUT2D eigenvalue weighted by molar-refractivity contribution is 0.0695. The minimum absolute atomic E-state index is 0.0549. The maximum absolute atomic E-state index is 10.8. The van der Waals surface area contributed by atoms with Crippen LogP contribution in [-0.2, 0) is 6.42 Å². The molecule has 4 N–H and O–H groups in total. The van der Waals surface area contributed by atoms with Crippen molar-refractivity contribution in [1.29, 1.82) is 0 Å². The highest BCUT2D eigenvalue weighted by atomic mass is 16.4. The van der Waals surface area contributed by atoms with Crippen molar-refractivity contribution in [3.8, 4) is 11.5 Å². The van der Waals surface area contributed by atoms with Gasteiger partial charge in [0.25, 0.3) is 0 Å². The van der Waals surface area contributed by atoms with Gasteiger partial charge in [0.2, 0.25) is 0 Å². The third-order valence-corrected chi connectivity index (χ3v) is 2.04. The van der Waals surface area contributed by atoms with E-state index in [4.69, 9.17) is 15.3 Å². The molecule has 5 heteroatoms. The van der Waals surface area contributed by atoms with Crippen LogP contribution in [0, 0.1) is 0 Å². The zero-order valence-corrected chi connectivity index (χ0v) is 7.97. The van der Waals surface area contributed by atoms with E-state index in [1.165, 1.54) is 6.07 Å². The molecule has 0 bridgehead atoms. The first-order valence-electron chi connectivity index (χ1n) is 4.45. The molecule has 0 radical (unpaired) electrons. The molecule has 0 heterocycles. The summed E-state index contributed by atoms with van der Waals surface area (Å²) >= 11 is 0. The smallest absolute Gasteiger partial charge is 0.336 e. The highest BCUT2D eigenvalue weighted by Crippen LogP contribution is 2.29. The quantitative estimate of drug-likeness (QED) is 0.551. The Kier molecular flexibility index (Phi) is 3.51. The molecule has 1 rings (SSSR count). The van der Waals surface area contributed by atoms with E-state index in [-0.39, 0.29) is 17.9 Å². The maximum Gasteiger partial charge on any atom is 0.336 e. The topological polar surface area (TPSA) is 98.0 Å². The number of hydrogen-bond acceptors (Lipinski definition) is 4. The van der Waals surface area contributed by atoms with Gasteiger partial charge in [0.05, 0.1) is 5.56 Å². The van der Waals surface area contributed by atoms with E-state index < -0.39 is 11.7 Å². The number of aromatic carboxylic acids is 1. The van der Waals surface area contributed by atoms with Crippen LogP contribution in [0.15, 0.2) is 12.1 Å². The molecule has 0 amide bonds. The Morgan fingerprint density at radius 2 is 1.80 bits per heavy atom. The summed E-state index contributed by atoms with van der Waals surface area (Å²) in [5.74, 6) is -1.98. The number of carboxylic acid groups (broad SMARTS) is 1. The van der Waals surface area contributed by atoms with Gasteiger partial charge in [0.15, 0.2) is 11.5 Å². The van der Waals surface area contributed by atoms with Gasteiger partial charge in [-0.15, -0.1) is 0 Å². The number of rotatable bonds is 4. The van der Waals surface area contributed by atoms with Gasteiger partial charge in [0, 0.05) is 6.61 Å². The zero-order chi connectivity index (χ0) is 11.4. The first kappa shape index (κ1) is 11.3. The number of benzene rings is 1. The second-order valence-corrected chi connectivity index (χ2v) is 3.13. The molecule has 0 aliphatic rings. The molecule has 82 valence electrons. The highest BCUT2D eigenvalue weighted by Gasteiger charge is 2.13. The second kappa shape index (κ2) is 4.65. The van der Waals surface area contributed by atoms with Crippen LogP contribution in [0.3, 0.4) is 0 Å². The number of carboxylic acids is 1. The molecule has 0 saturated carbocycles. The summed E-state index contributed by atoms with van der Waals surface area (Å²) in [6.45, 7) is -0.0549. The van der Waals surface area contributed by atoms with E-state index in [1.54, 1.807) is 0 Å². The molecule has 0 saturated heterocycles. The van der Waals surface area contributed by atoms with Crippen LogP contribution in [0.1, 0.15) is 22.3 Å². The number of hydrogen-bond donors (Lipinski definition) is 4. The van der Waals surface area contributed by atoms with Gasteiger partial charge in [-0.1, -0.05) is 0 Å². The van der Waals surface area contributed by atoms with Gasteiger partial charge in [0.1, 0.15) is 0 Å². The van der Waals surface area contributed by atoms with Gasteiger partial charge in [-0.05, 0) is 30.5 Å². The molecule has 0 atom stereocenters. The molecular weight excluding hydrogens is 200 g/mol. The summed E-state index contributed by atoms with van der Waals surface area (Å²) < 4.78 is 0. The molecule has 0 spiro atoms. The Labute approximate surface area is 86.2 Å². The normalized spacial score (nSPS) is 10.2. The van der Waals surface area contributed by atoms with Crippen molar-refractivity contribution in [3.63, 3.8) is 0 Å². The molecule has 1 aromatic rings. The van der Waals surface area contributed by atoms with E-state index in [1.807, 2.05) is 0 Å². The number of phenols is 2. The first-order chi connectivity index (χ1) is 7.06. The third-order valence-electron chi connectivity index (χ3n) is 2.04. The van der Waals surface area contributed by atoms with Gasteiger partial charge < -0.3 is 20.4 Å². The van der Waals surface area contributed by atoms with E-state index in [0.29, 0.717) is 18.4 Å². The zero-order valence-electron chi connectivity index (χ0n) is 7.97. The molecule has 0 unspecified atom stereocenters. The molecular formula is C10H12O5. The second-order valence-electron chi connectivity index (χ2n) is 3.13. The van der Waals surface area contributed by atoms with Gasteiger partial charge >= 0.3 is 5.97 Å². The molecule has 15 heavy (non-hydrogen) atoms. The standard InChI is InChI=1S/C10H12O5/c11-3-1-2-6-4-8(12)9(13)5-7(6)10(14)15/h4-5,11-13H,1-3H2,(H,14,15). The minimum atomic E-state index is -1.17. The van der Waals surface area contributed by atoms with Crippen LogP contribution in [-0.4, -0.2) is 33.0 Å². The van der Waals surface area contributed by atoms with Gasteiger partial charge in [-0.3, -0.25) is 0 Å². The Morgan fingerprint density at radius 3 is 2.33 bits per heavy atom. The van der Waals surface area contributed by atoms with Crippen LogP contribution in [0.2, 0.25) is 0 Å². The predicted molar refractivity (Wildman–Crippen MR) is 52.1 cm³/mol. The fourth-order valence-corrected chi connectivity index (χ4v) is 1.30. The van der Waals surface area contributed by atoms with Gasteiger partial charge in [-0.2, -0.15) is 0 Å². The van der Waals surface area contributed by atoms with Gasteiger partial charge in [-0.25, -0.2) is 4.79 Å². The Bertz CT molecular complexity index is 372. The van der Waals surface area contributed by atoms with Crippen molar-refractivity contribution in [2.75, 3.05) is 6.61 Å². The summed E-state index contributed by atoms with van der Waals surface area (Å²) in [6, 6.07) is 2.21. The average Bonchev–Trinajstić information content (AvgIpc) is 2.19. The van der Waals surface area contributed by atoms with Crippen molar-refractivity contribution >= 4 is 5.97 Å². The SMILES string of the molecule is O=C(O)c1cc(O)c(O)cc1CCCO. The lowest BCUT2D eigenvalue weighted by Crippen LogP contribution is -2.03. The molecule has 0 aliphatic heterocycles. The summed E-state index contributed by atoms with van der Waals surface area (Å²) in [5, 5.41) is 35.8. The maximum atomic E-state index is 10.8. The number of aryl methyl sites for hydroxylation is 1. The monoisotopic (exact) mass is 212 g/mol. The van der Waals surface area contributed by atoms with Crippen molar-refractivity contribution < 1.29 is 25.2 Å². The molecule has 0 fully saturated rings. The van der Waals surface area contributed by atoms with Crippen molar-refractivity contribution in [3.05, 3.63) is 23.3 Å². The number of aliphatic hydroxyl groups excluding tert-OH is 1. The van der Waals surface area contributed by atoms with E-state index in [2.05, 4.69) is 0 Å². The lowest BCUT2D eigenvalue weighted by Gasteiger charge is -2.07. The average molecular weight is 212 g/mol. The Balaban J connectivity index is 3.10. The lowest BCUT2D eigenvalue weighted by atomic mass is 10.0. The largest absolute Gasteiger partial charge is 0.504 e. The number of aliphatic hydroxyl groups is 1. The summed E-state index contributed by atoms with van der Waals surface area (Å²) in [7, 11) is 0. The number of carbonyl (C=O) groups is 1. The fraction of sp³-hybridized carbons (Fsp3) is 0.300. The van der Waals surface area contributed by atoms with Crippen LogP contribution in [0.5, 0.6) is 11.5 Å². The van der Waals surface area contributed by atoms with Crippen LogP contribution in [0.4, 0.5) is 0 Å². The molecule has 5 nitrogen and oxygen atoms in total. The van der Waals surface area contributed by atoms with Crippen molar-refractivity contribution in [2.45, 2.75) is 12.8 Å². The van der Waals surface area contributed by atoms with E-state index in [9.17, 15) is 9.90 Å². The Hall–Kier alpha value is -1.75. The summed E-state index contributed by atoms with van der Waals surface area (Å²) in [5.41, 5.74) is 0.339. The fourth-order valence-electron chi connectivity index (χ4n) is 1.30. The van der Waals surface area contributed by atoms with Crippen LogP contribution in [0.25, 0.3) is 0 Å². The van der Waals surface area contributed by atoms with Crippen LogP contribution >= 0.6 is 0 Å². The number of phenolic OH excluding ortho intramolecular Hbond substituents is 2. The van der Waals surface area contributed by atoms with E-state index in [0.717, 1.165) is 6.07 Å². The minimum Gasteiger partial charge on any atom is -0.504 e. The number of aromatic hydroxyl groups is 2.